The number of carboxylic acid groups (broad SMARTS) is 1. The van der Waals surface area contributed by atoms with E-state index >= 15 is 0 Å². The zero-order valence-electron chi connectivity index (χ0n) is 6.00. The van der Waals surface area contributed by atoms with Gasteiger partial charge in [0, 0.05) is 5.97 Å². The maximum absolute atomic E-state index is 9.89. The predicted molar refractivity (Wildman–Crippen MR) is 24.1 cm³/mol. The average molecular weight is 155 g/mol. The van der Waals surface area contributed by atoms with Crippen molar-refractivity contribution in [1.82, 2.24) is 4.98 Å². The van der Waals surface area contributed by atoms with Gasteiger partial charge in [0.1, 0.15) is 0 Å². The molecule has 0 aliphatic heterocycles. The van der Waals surface area contributed by atoms with Gasteiger partial charge in [0.2, 0.25) is 0 Å². The second-order valence-corrected chi connectivity index (χ2v) is 1.31. The summed E-state index contributed by atoms with van der Waals surface area (Å²) in [6, 6.07) is 2.93. The molecule has 0 unspecified atom stereocenters. The minimum atomic E-state index is -1.23. The molecule has 1 aromatic rings. The zero-order chi connectivity index (χ0) is 5.98. The van der Waals surface area contributed by atoms with E-state index < -0.39 is 5.97 Å². The van der Waals surface area contributed by atoms with Crippen LogP contribution in [0.15, 0.2) is 18.3 Å². The van der Waals surface area contributed by atoms with Crippen molar-refractivity contribution >= 4 is 5.97 Å². The number of aromatic nitrogens is 1. The summed E-state index contributed by atoms with van der Waals surface area (Å²) in [6.07, 6.45) is 1.41. The van der Waals surface area contributed by atoms with Crippen molar-refractivity contribution < 1.29 is 69.0 Å². The van der Waals surface area contributed by atoms with Crippen molar-refractivity contribution in [3.8, 4) is 0 Å². The van der Waals surface area contributed by atoms with Gasteiger partial charge in [-0.2, -0.15) is 6.20 Å². The van der Waals surface area contributed by atoms with E-state index in [2.05, 4.69) is 4.98 Å². The molecular weight excluding hydrogens is 152 g/mol. The Morgan fingerprint density at radius 2 is 2.10 bits per heavy atom. The Bertz CT molecular complexity index is 186. The van der Waals surface area contributed by atoms with Crippen LogP contribution in [0.3, 0.4) is 0 Å². The molecule has 0 radical (unpaired) electrons. The van der Waals surface area contributed by atoms with Gasteiger partial charge >= 0.3 is 59.1 Å². The molecule has 0 bridgehead atoms. The number of rotatable bonds is 1. The third-order valence-corrected chi connectivity index (χ3v) is 0.763. The summed E-state index contributed by atoms with van der Waals surface area (Å²) in [4.78, 5) is 13.3. The number of carbonyl (C=O) groups excluding carboxylic acids is 1. The van der Waals surface area contributed by atoms with Crippen LogP contribution >= 0.6 is 0 Å². The third-order valence-electron chi connectivity index (χ3n) is 0.763. The van der Waals surface area contributed by atoms with E-state index in [1.807, 2.05) is 0 Å². The van der Waals surface area contributed by atoms with Gasteiger partial charge in [-0.1, -0.05) is 12.1 Å². The molecule has 1 rings (SSSR count). The minimum Gasteiger partial charge on any atom is -0.663 e. The van der Waals surface area contributed by atoms with Crippen molar-refractivity contribution in [2.75, 3.05) is 0 Å². The van der Waals surface area contributed by atoms with Crippen LogP contribution in [-0.4, -0.2) is 5.97 Å². The largest absolute Gasteiger partial charge is 1.00 e. The summed E-state index contributed by atoms with van der Waals surface area (Å²) in [6.45, 7) is 0. The molecule has 0 fully saturated rings. The van der Waals surface area contributed by atoms with Gasteiger partial charge in [0.25, 0.3) is 0 Å². The maximum atomic E-state index is 9.89. The monoisotopic (exact) mass is 155 g/mol. The Balaban J connectivity index is 0. The summed E-state index contributed by atoms with van der Waals surface area (Å²) in [7, 11) is 0. The smallest absolute Gasteiger partial charge is 0.663 e. The Labute approximate surface area is 103 Å². The topological polar surface area (TPSA) is 54.2 Å². The summed E-state index contributed by atoms with van der Waals surface area (Å²) < 4.78 is 0. The first-order valence-corrected chi connectivity index (χ1v) is 2.10. The molecule has 3 nitrogen and oxygen atoms in total. The molecule has 0 atom stereocenters. The fourth-order valence-corrected chi connectivity index (χ4v) is 0.421. The van der Waals surface area contributed by atoms with Crippen molar-refractivity contribution in [1.29, 1.82) is 0 Å². The molecule has 0 aromatic carbocycles. The van der Waals surface area contributed by atoms with Crippen LogP contribution in [0.1, 0.15) is 10.5 Å². The van der Waals surface area contributed by atoms with Gasteiger partial charge in [0.15, 0.2) is 0 Å². The summed E-state index contributed by atoms with van der Waals surface area (Å²) in [5.74, 6) is -1.23. The molecule has 1 heterocycles. The van der Waals surface area contributed by atoms with E-state index in [-0.39, 0.29) is 64.8 Å². The number of carboxylic acids is 1. The van der Waals surface area contributed by atoms with E-state index in [4.69, 9.17) is 0 Å². The van der Waals surface area contributed by atoms with E-state index in [1.54, 1.807) is 6.07 Å². The first kappa shape index (κ1) is 13.3. The molecule has 0 aliphatic rings. The zero-order valence-corrected chi connectivity index (χ0v) is 10.00. The second kappa shape index (κ2) is 6.46. The number of hydrogen-bond donors (Lipinski definition) is 0. The molecule has 0 aliphatic carbocycles. The number of aromatic carboxylic acids is 1. The van der Waals surface area contributed by atoms with E-state index in [1.165, 1.54) is 12.3 Å². The van der Waals surface area contributed by atoms with Crippen LogP contribution in [-0.2, 0) is 0 Å². The predicted octanol–water partition coefficient (Wildman–Crippen LogP) is -6.98. The standard InChI is InChI=1S/C5H4NO2.2Na/c7-5(8)4-2-1-3-6-4;;/h1-3H,(H,7,8);;/q-1;2*+1/p-1. The fourth-order valence-electron chi connectivity index (χ4n) is 0.421. The van der Waals surface area contributed by atoms with Crippen LogP contribution < -0.4 is 69.2 Å². The Hall–Kier alpha value is 0.750. The van der Waals surface area contributed by atoms with Crippen LogP contribution in [0.5, 0.6) is 0 Å². The van der Waals surface area contributed by atoms with Crippen LogP contribution in [0.2, 0.25) is 0 Å². The molecule has 1 aromatic heterocycles. The molecule has 5 heteroatoms. The number of hydrogen-bond acceptors (Lipinski definition) is 2. The van der Waals surface area contributed by atoms with Crippen LogP contribution in [0.25, 0.3) is 0 Å². The maximum Gasteiger partial charge on any atom is 1.00 e. The van der Waals surface area contributed by atoms with Gasteiger partial charge in [-0.25, -0.2) is 0 Å². The number of carbonyl (C=O) groups is 1. The molecule has 0 amide bonds. The van der Waals surface area contributed by atoms with Gasteiger partial charge in [-0.05, 0) is 0 Å². The van der Waals surface area contributed by atoms with Crippen LogP contribution in [0.4, 0.5) is 0 Å². The van der Waals surface area contributed by atoms with Gasteiger partial charge < -0.3 is 14.9 Å². The molecule has 0 saturated heterocycles. The Morgan fingerprint density at radius 1 is 1.50 bits per heavy atom. The number of nitrogens with zero attached hydrogens (tertiary/aromatic N) is 1. The summed E-state index contributed by atoms with van der Waals surface area (Å²) in [5, 5.41) is 9.89. The molecule has 0 saturated carbocycles. The van der Waals surface area contributed by atoms with Crippen molar-refractivity contribution in [3.05, 3.63) is 24.0 Å². The van der Waals surface area contributed by atoms with Crippen molar-refractivity contribution in [2.24, 2.45) is 0 Å². The molecular formula is C5H3NNa2O2. The molecule has 42 valence electrons. The quantitative estimate of drug-likeness (QED) is 0.379. The molecule has 0 N–H and O–H groups in total. The molecule has 0 spiro atoms. The van der Waals surface area contributed by atoms with Gasteiger partial charge in [0.05, 0.1) is 0 Å². The second-order valence-electron chi connectivity index (χ2n) is 1.31. The van der Waals surface area contributed by atoms with Gasteiger partial charge in [-0.3, -0.25) is 0 Å². The third kappa shape index (κ3) is 3.81. The normalized spacial score (nSPS) is 7.20. The van der Waals surface area contributed by atoms with Crippen molar-refractivity contribution in [3.63, 3.8) is 0 Å². The molecule has 10 heavy (non-hydrogen) atoms. The minimum absolute atomic E-state index is 0. The summed E-state index contributed by atoms with van der Waals surface area (Å²) in [5.41, 5.74) is -0.00926. The summed E-state index contributed by atoms with van der Waals surface area (Å²) >= 11 is 0. The average Bonchev–Trinajstić information content (AvgIpc) is 2.12. The Kier molecular flexibility index (Phi) is 8.62. The first-order valence-electron chi connectivity index (χ1n) is 2.10. The van der Waals surface area contributed by atoms with E-state index in [0.717, 1.165) is 0 Å². The van der Waals surface area contributed by atoms with Crippen molar-refractivity contribution in [2.45, 2.75) is 0 Å². The van der Waals surface area contributed by atoms with E-state index in [0.29, 0.717) is 0 Å². The first-order chi connectivity index (χ1) is 3.80. The van der Waals surface area contributed by atoms with Gasteiger partial charge in [-0.15, -0.1) is 5.69 Å². The SMILES string of the molecule is O=C([O-])c1ccc[n-]1.[Na+].[Na+]. The fraction of sp³-hybridized carbons (Fsp3) is 0. The van der Waals surface area contributed by atoms with E-state index in [9.17, 15) is 9.90 Å². The van der Waals surface area contributed by atoms with Crippen LogP contribution in [0, 0.1) is 0 Å². The Morgan fingerprint density at radius 3 is 2.30 bits per heavy atom.